The van der Waals surface area contributed by atoms with Crippen molar-refractivity contribution in [2.45, 2.75) is 11.1 Å². The number of ether oxygens (including phenoxy) is 1. The first kappa shape index (κ1) is 25.6. The smallest absolute Gasteiger partial charge is 0.317 e. The van der Waals surface area contributed by atoms with Crippen LogP contribution in [0, 0.1) is 0 Å². The Morgan fingerprint density at radius 2 is 1.77 bits per heavy atom. The summed E-state index contributed by atoms with van der Waals surface area (Å²) in [4.78, 5) is 24.3. The van der Waals surface area contributed by atoms with Gasteiger partial charge >= 0.3 is 6.01 Å². The molecule has 0 unspecified atom stereocenters. The second-order valence-electron chi connectivity index (χ2n) is 9.25. The molecule has 12 nitrogen and oxygen atoms in total. The number of morpholine rings is 1. The highest BCUT2D eigenvalue weighted by Gasteiger charge is 2.28. The van der Waals surface area contributed by atoms with E-state index in [0.717, 1.165) is 17.4 Å². The predicted octanol–water partition coefficient (Wildman–Crippen LogP) is 2.60. The fourth-order valence-electron chi connectivity index (χ4n) is 4.52. The lowest BCUT2D eigenvalue weighted by Crippen LogP contribution is -2.36. The average Bonchev–Trinajstić information content (AvgIpc) is 3.38. The normalized spacial score (nSPS) is 17.4. The lowest BCUT2D eigenvalue weighted by atomic mass is 10.0. The van der Waals surface area contributed by atoms with Crippen molar-refractivity contribution in [3.63, 3.8) is 0 Å². The molecule has 1 atom stereocenters. The van der Waals surface area contributed by atoms with Crippen LogP contribution in [-0.4, -0.2) is 73.9 Å². The summed E-state index contributed by atoms with van der Waals surface area (Å²) in [6.07, 6.45) is 1.32. The first-order valence-corrected chi connectivity index (χ1v) is 14.4. The van der Waals surface area contributed by atoms with Gasteiger partial charge in [-0.25, -0.2) is 18.4 Å². The van der Waals surface area contributed by atoms with Crippen LogP contribution in [0.15, 0.2) is 81.2 Å². The summed E-state index contributed by atoms with van der Waals surface area (Å²) in [6.45, 7) is 2.06. The van der Waals surface area contributed by atoms with Crippen LogP contribution in [-0.2, 0) is 19.4 Å². The topological polar surface area (TPSA) is 152 Å². The van der Waals surface area contributed by atoms with E-state index >= 15 is 0 Å². The first-order chi connectivity index (χ1) is 19.4. The van der Waals surface area contributed by atoms with E-state index in [2.05, 4.69) is 25.8 Å². The summed E-state index contributed by atoms with van der Waals surface area (Å²) >= 11 is 0. The Labute approximate surface area is 230 Å². The third-order valence-corrected chi connectivity index (χ3v) is 7.58. The predicted molar refractivity (Wildman–Crippen MR) is 148 cm³/mol. The van der Waals surface area contributed by atoms with Crippen molar-refractivity contribution in [2.24, 2.45) is 4.99 Å². The number of nitrogens with one attached hydrogen (secondary N) is 2. The number of para-hydroxylation sites is 1. The monoisotopic (exact) mass is 559 g/mol. The van der Waals surface area contributed by atoms with Crippen LogP contribution in [0.1, 0.15) is 11.1 Å². The summed E-state index contributed by atoms with van der Waals surface area (Å²) in [5, 5.41) is 14.1. The molecule has 0 aliphatic carbocycles. The molecule has 0 radical (unpaired) electrons. The van der Waals surface area contributed by atoms with Gasteiger partial charge < -0.3 is 24.7 Å². The van der Waals surface area contributed by atoms with Gasteiger partial charge in [0.15, 0.2) is 15.5 Å². The van der Waals surface area contributed by atoms with E-state index < -0.39 is 21.9 Å². The molecule has 4 heterocycles. The highest BCUT2D eigenvalue weighted by molar-refractivity contribution is 7.90. The van der Waals surface area contributed by atoms with Crippen LogP contribution in [0.4, 0.5) is 17.4 Å². The van der Waals surface area contributed by atoms with Gasteiger partial charge in [-0.2, -0.15) is 0 Å². The molecule has 204 valence electrons. The molecule has 0 bridgehead atoms. The Morgan fingerprint density at radius 1 is 1.02 bits per heavy atom. The van der Waals surface area contributed by atoms with Gasteiger partial charge in [0.25, 0.3) is 11.8 Å². The molecule has 40 heavy (non-hydrogen) atoms. The minimum Gasteiger partial charge on any atom is -0.402 e. The highest BCUT2D eigenvalue weighted by Crippen LogP contribution is 2.32. The van der Waals surface area contributed by atoms with Crippen LogP contribution < -0.4 is 15.5 Å². The Morgan fingerprint density at radius 3 is 2.55 bits per heavy atom. The van der Waals surface area contributed by atoms with Crippen molar-refractivity contribution >= 4 is 38.8 Å². The molecular formula is C27H25N7O5S. The number of aromatic nitrogens is 3. The number of nitrogens with zero attached hydrogens (tertiary/aromatic N) is 5. The van der Waals surface area contributed by atoms with E-state index in [9.17, 15) is 13.2 Å². The Kier molecular flexibility index (Phi) is 6.74. The SMILES string of the molecule is CS(=O)(=O)c1cnc(-c2nnc(N[C@H]3N=C(c4ccccc4)c4ccccc4NC3=O)o2)c(N2CCOCC2)c1. The van der Waals surface area contributed by atoms with Gasteiger partial charge in [-0.1, -0.05) is 53.6 Å². The van der Waals surface area contributed by atoms with Gasteiger partial charge in [-0.05, 0) is 12.1 Å². The van der Waals surface area contributed by atoms with E-state index in [1.165, 1.54) is 6.20 Å². The molecule has 2 aliphatic heterocycles. The maximum Gasteiger partial charge on any atom is 0.317 e. The molecule has 2 aromatic carbocycles. The lowest BCUT2D eigenvalue weighted by molar-refractivity contribution is -0.116. The maximum absolute atomic E-state index is 13.2. The van der Waals surface area contributed by atoms with Crippen LogP contribution in [0.2, 0.25) is 0 Å². The summed E-state index contributed by atoms with van der Waals surface area (Å²) in [6, 6.07) is 18.5. The number of benzodiazepines with no additional fused rings is 1. The van der Waals surface area contributed by atoms with Gasteiger partial charge in [-0.15, -0.1) is 5.10 Å². The molecule has 2 aliphatic rings. The third-order valence-electron chi connectivity index (χ3n) is 6.50. The van der Waals surface area contributed by atoms with Gasteiger partial charge in [0, 0.05) is 36.7 Å². The van der Waals surface area contributed by atoms with E-state index in [1.807, 2.05) is 59.5 Å². The molecule has 13 heteroatoms. The van der Waals surface area contributed by atoms with Crippen molar-refractivity contribution in [2.75, 3.05) is 48.1 Å². The highest BCUT2D eigenvalue weighted by atomic mass is 32.2. The molecule has 2 N–H and O–H groups in total. The zero-order chi connectivity index (χ0) is 27.7. The number of amides is 1. The van der Waals surface area contributed by atoms with Crippen molar-refractivity contribution in [3.8, 4) is 11.6 Å². The van der Waals surface area contributed by atoms with Gasteiger partial charge in [0.1, 0.15) is 0 Å². The van der Waals surface area contributed by atoms with Gasteiger partial charge in [-0.3, -0.25) is 4.79 Å². The number of pyridine rings is 1. The Hall–Kier alpha value is -4.62. The lowest BCUT2D eigenvalue weighted by Gasteiger charge is -2.29. The van der Waals surface area contributed by atoms with Crippen molar-refractivity contribution in [3.05, 3.63) is 78.0 Å². The van der Waals surface area contributed by atoms with Crippen LogP contribution in [0.5, 0.6) is 0 Å². The number of benzene rings is 2. The molecule has 1 saturated heterocycles. The molecule has 1 fully saturated rings. The second-order valence-corrected chi connectivity index (χ2v) is 11.3. The fraction of sp³-hybridized carbons (Fsp3) is 0.222. The van der Waals surface area contributed by atoms with Gasteiger partial charge in [0.05, 0.1) is 35.2 Å². The molecule has 4 aromatic rings. The zero-order valence-electron chi connectivity index (χ0n) is 21.4. The quantitative estimate of drug-likeness (QED) is 0.361. The number of sulfone groups is 1. The zero-order valence-corrected chi connectivity index (χ0v) is 22.3. The maximum atomic E-state index is 13.2. The number of fused-ring (bicyclic) bond motifs is 1. The summed E-state index contributed by atoms with van der Waals surface area (Å²) in [5.74, 6) is -0.337. The van der Waals surface area contributed by atoms with Crippen LogP contribution in [0.25, 0.3) is 11.6 Å². The number of carbonyl (C=O) groups is 1. The largest absolute Gasteiger partial charge is 0.402 e. The minimum atomic E-state index is -3.50. The minimum absolute atomic E-state index is 0.0424. The third kappa shape index (κ3) is 5.16. The van der Waals surface area contributed by atoms with Crippen LogP contribution >= 0.6 is 0 Å². The van der Waals surface area contributed by atoms with E-state index in [0.29, 0.717) is 49.1 Å². The first-order valence-electron chi connectivity index (χ1n) is 12.5. The molecule has 0 saturated carbocycles. The number of anilines is 3. The van der Waals surface area contributed by atoms with E-state index in [1.54, 1.807) is 6.07 Å². The number of carbonyl (C=O) groups excluding carboxylic acids is 1. The molecule has 1 amide bonds. The Bertz CT molecular complexity index is 1700. The second kappa shape index (κ2) is 10.5. The molecule has 2 aromatic heterocycles. The van der Waals surface area contributed by atoms with E-state index in [4.69, 9.17) is 14.1 Å². The van der Waals surface area contributed by atoms with Crippen molar-refractivity contribution in [1.29, 1.82) is 0 Å². The molecule has 0 spiro atoms. The number of aliphatic imine (C=N–C) groups is 1. The van der Waals surface area contributed by atoms with E-state index in [-0.39, 0.29) is 16.8 Å². The van der Waals surface area contributed by atoms with Gasteiger partial charge in [0.2, 0.25) is 6.17 Å². The average molecular weight is 560 g/mol. The fourth-order valence-corrected chi connectivity index (χ4v) is 5.09. The molecule has 6 rings (SSSR count). The number of hydrogen-bond donors (Lipinski definition) is 2. The Balaban J connectivity index is 1.34. The van der Waals surface area contributed by atoms with Crippen molar-refractivity contribution < 1.29 is 22.4 Å². The molecular weight excluding hydrogens is 534 g/mol. The number of hydrogen-bond acceptors (Lipinski definition) is 11. The van der Waals surface area contributed by atoms with Crippen LogP contribution in [0.3, 0.4) is 0 Å². The standard InChI is InChI=1S/C27H25N7O5S/c1-40(36,37)18-15-21(34-11-13-38-14-12-34)23(28-16-18)26-32-33-27(39-26)31-24-25(35)29-20-10-6-5-9-19(20)22(30-24)17-7-3-2-4-8-17/h2-10,15-16,24H,11-14H2,1H3,(H,29,35)(H,31,33)/t24-/m1/s1. The summed E-state index contributed by atoms with van der Waals surface area (Å²) < 4.78 is 35.8. The van der Waals surface area contributed by atoms with Crippen molar-refractivity contribution in [1.82, 2.24) is 15.2 Å². The summed E-state index contributed by atoms with van der Waals surface area (Å²) in [5.41, 5.74) is 3.74. The number of rotatable bonds is 6. The summed E-state index contributed by atoms with van der Waals surface area (Å²) in [7, 11) is -3.50.